The Bertz CT molecular complexity index is 708. The molecule has 0 aromatic heterocycles. The van der Waals surface area contributed by atoms with Crippen LogP contribution in [-0.2, 0) is 24.0 Å². The third-order valence-corrected chi connectivity index (χ3v) is 6.00. The minimum absolute atomic E-state index is 0.229. The second kappa shape index (κ2) is 14.7. The number of nitrogens with zero attached hydrogens (tertiary/aromatic N) is 1. The van der Waals surface area contributed by atoms with Gasteiger partial charge in [0.15, 0.2) is 0 Å². The van der Waals surface area contributed by atoms with E-state index in [0.29, 0.717) is 38.0 Å². The number of hydrogen-bond acceptors (Lipinski definition) is 8. The van der Waals surface area contributed by atoms with E-state index in [4.69, 9.17) is 16.6 Å². The molecule has 33 heavy (non-hydrogen) atoms. The number of carboxylic acid groups (broad SMARTS) is 2. The van der Waals surface area contributed by atoms with Crippen LogP contribution in [0, 0.1) is 0 Å². The monoisotopic (exact) mass is 489 g/mol. The number of carbonyl (C=O) groups excluding carboxylic acids is 3. The summed E-state index contributed by atoms with van der Waals surface area (Å²) in [5.74, 6) is -3.65. The summed E-state index contributed by atoms with van der Waals surface area (Å²) >= 11 is 1.46. The molecule has 1 aliphatic rings. The van der Waals surface area contributed by atoms with Gasteiger partial charge in [-0.25, -0.2) is 4.79 Å². The van der Waals surface area contributed by atoms with Crippen LogP contribution < -0.4 is 22.1 Å². The maximum Gasteiger partial charge on any atom is 0.326 e. The fourth-order valence-corrected chi connectivity index (χ4v) is 4.05. The largest absolute Gasteiger partial charge is 0.481 e. The summed E-state index contributed by atoms with van der Waals surface area (Å²) in [7, 11) is 0. The number of likely N-dealkylation sites (tertiary alicyclic amines) is 1. The molecule has 0 aliphatic carbocycles. The van der Waals surface area contributed by atoms with Crippen LogP contribution in [0.3, 0.4) is 0 Å². The van der Waals surface area contributed by atoms with Crippen LogP contribution in [0.25, 0.3) is 0 Å². The minimum atomic E-state index is -1.31. The van der Waals surface area contributed by atoms with Gasteiger partial charge in [0.25, 0.3) is 0 Å². The number of nitrogens with one attached hydrogen (secondary N) is 2. The Morgan fingerprint density at radius 3 is 2.36 bits per heavy atom. The molecule has 4 unspecified atom stereocenters. The molecule has 0 aromatic rings. The third-order valence-electron chi connectivity index (χ3n) is 5.36. The maximum atomic E-state index is 13.2. The number of carbonyl (C=O) groups is 5. The highest BCUT2D eigenvalue weighted by Crippen LogP contribution is 2.20. The van der Waals surface area contributed by atoms with Crippen molar-refractivity contribution in [2.45, 2.75) is 69.1 Å². The van der Waals surface area contributed by atoms with E-state index in [2.05, 4.69) is 10.6 Å². The van der Waals surface area contributed by atoms with Gasteiger partial charge in [-0.2, -0.15) is 11.8 Å². The number of hydrogen-bond donors (Lipinski definition) is 6. The number of nitrogens with two attached hydrogens (primary N) is 2. The number of unbranched alkanes of at least 4 members (excludes halogenated alkanes) is 1. The topological polar surface area (TPSA) is 205 Å². The highest BCUT2D eigenvalue weighted by atomic mass is 32.2. The van der Waals surface area contributed by atoms with Crippen molar-refractivity contribution in [2.75, 3.05) is 25.1 Å². The summed E-state index contributed by atoms with van der Waals surface area (Å²) in [4.78, 5) is 62.0. The van der Waals surface area contributed by atoms with Crippen molar-refractivity contribution in [2.24, 2.45) is 11.5 Å². The summed E-state index contributed by atoms with van der Waals surface area (Å²) in [6.45, 7) is 0.707. The Hall–Kier alpha value is -2.38. The van der Waals surface area contributed by atoms with E-state index in [-0.39, 0.29) is 19.4 Å². The first kappa shape index (κ1) is 28.7. The van der Waals surface area contributed by atoms with Crippen molar-refractivity contribution in [1.29, 1.82) is 0 Å². The van der Waals surface area contributed by atoms with E-state index in [0.717, 1.165) is 0 Å². The van der Waals surface area contributed by atoms with Crippen LogP contribution in [0.1, 0.15) is 44.9 Å². The van der Waals surface area contributed by atoms with E-state index >= 15 is 0 Å². The van der Waals surface area contributed by atoms with Crippen molar-refractivity contribution in [1.82, 2.24) is 15.5 Å². The Labute approximate surface area is 197 Å². The molecule has 1 saturated heterocycles. The lowest BCUT2D eigenvalue weighted by Crippen LogP contribution is -2.57. The average Bonchev–Trinajstić information content (AvgIpc) is 3.24. The molecule has 3 amide bonds. The molecular weight excluding hydrogens is 454 g/mol. The third kappa shape index (κ3) is 9.56. The van der Waals surface area contributed by atoms with Gasteiger partial charge in [-0.15, -0.1) is 0 Å². The molecular formula is C20H35N5O7S. The summed E-state index contributed by atoms with van der Waals surface area (Å²) in [6.07, 6.45) is 3.85. The molecule has 4 atom stereocenters. The Kier molecular flexibility index (Phi) is 12.8. The fourth-order valence-electron chi connectivity index (χ4n) is 3.57. The first-order chi connectivity index (χ1) is 15.6. The second-order valence-electron chi connectivity index (χ2n) is 7.92. The number of aliphatic carboxylic acids is 2. The predicted molar refractivity (Wildman–Crippen MR) is 122 cm³/mol. The van der Waals surface area contributed by atoms with Gasteiger partial charge in [0.05, 0.1) is 12.5 Å². The molecule has 0 radical (unpaired) electrons. The summed E-state index contributed by atoms with van der Waals surface area (Å²) in [5.41, 5.74) is 11.0. The molecule has 0 bridgehead atoms. The second-order valence-corrected chi connectivity index (χ2v) is 8.91. The number of rotatable bonds is 15. The molecule has 8 N–H and O–H groups in total. The lowest BCUT2D eigenvalue weighted by atomic mass is 10.1. The van der Waals surface area contributed by atoms with Crippen molar-refractivity contribution in [3.05, 3.63) is 0 Å². The van der Waals surface area contributed by atoms with Crippen molar-refractivity contribution < 1.29 is 34.2 Å². The zero-order chi connectivity index (χ0) is 25.0. The van der Waals surface area contributed by atoms with Gasteiger partial charge in [0, 0.05) is 6.54 Å². The van der Waals surface area contributed by atoms with Crippen LogP contribution in [0.15, 0.2) is 0 Å². The van der Waals surface area contributed by atoms with Gasteiger partial charge in [-0.05, 0) is 57.1 Å². The van der Waals surface area contributed by atoms with Gasteiger partial charge < -0.3 is 37.2 Å². The van der Waals surface area contributed by atoms with E-state index in [9.17, 15) is 29.1 Å². The van der Waals surface area contributed by atoms with Gasteiger partial charge in [0.2, 0.25) is 17.7 Å². The molecule has 1 rings (SSSR count). The number of carboxylic acids is 2. The van der Waals surface area contributed by atoms with Gasteiger partial charge >= 0.3 is 11.9 Å². The van der Waals surface area contributed by atoms with Crippen LogP contribution in [-0.4, -0.2) is 94.0 Å². The van der Waals surface area contributed by atoms with E-state index in [1.54, 1.807) is 0 Å². The normalized spacial score (nSPS) is 18.3. The highest BCUT2D eigenvalue weighted by molar-refractivity contribution is 7.98. The highest BCUT2D eigenvalue weighted by Gasteiger charge is 2.39. The summed E-state index contributed by atoms with van der Waals surface area (Å²) in [5, 5.41) is 23.3. The quantitative estimate of drug-likeness (QED) is 0.150. The maximum absolute atomic E-state index is 13.2. The Morgan fingerprint density at radius 1 is 1.09 bits per heavy atom. The Morgan fingerprint density at radius 2 is 1.79 bits per heavy atom. The number of amides is 3. The summed E-state index contributed by atoms with van der Waals surface area (Å²) < 4.78 is 0. The van der Waals surface area contributed by atoms with E-state index < -0.39 is 60.2 Å². The predicted octanol–water partition coefficient (Wildman–Crippen LogP) is -1.28. The first-order valence-corrected chi connectivity index (χ1v) is 12.3. The smallest absolute Gasteiger partial charge is 0.326 e. The number of thioether (sulfide) groups is 1. The lowest BCUT2D eigenvalue weighted by Gasteiger charge is -2.30. The molecule has 12 nitrogen and oxygen atoms in total. The Balaban J connectivity index is 2.89. The SMILES string of the molecule is CSCCC(NC(=O)C(N)CC(=O)O)C(=O)N1CCCC1C(=O)NC(CCCCN)C(=O)O. The average molecular weight is 490 g/mol. The zero-order valence-corrected chi connectivity index (χ0v) is 19.6. The first-order valence-electron chi connectivity index (χ1n) is 10.9. The van der Waals surface area contributed by atoms with Crippen molar-refractivity contribution in [3.63, 3.8) is 0 Å². The van der Waals surface area contributed by atoms with Crippen LogP contribution in [0.2, 0.25) is 0 Å². The summed E-state index contributed by atoms with van der Waals surface area (Å²) in [6, 6.07) is -4.22. The zero-order valence-electron chi connectivity index (χ0n) is 18.8. The molecule has 13 heteroatoms. The van der Waals surface area contributed by atoms with Crippen molar-refractivity contribution >= 4 is 41.4 Å². The van der Waals surface area contributed by atoms with E-state index in [1.165, 1.54) is 16.7 Å². The molecule has 0 spiro atoms. The molecule has 0 aromatic carbocycles. The molecule has 1 fully saturated rings. The minimum Gasteiger partial charge on any atom is -0.481 e. The van der Waals surface area contributed by atoms with Crippen LogP contribution in [0.5, 0.6) is 0 Å². The standard InChI is InChI=1S/C20H35N5O7S/c1-33-10-7-13(23-17(28)12(22)11-16(26)27)19(30)25-9-4-6-15(25)18(29)24-14(20(31)32)5-2-3-8-21/h12-15H,2-11,21-22H2,1H3,(H,23,28)(H,24,29)(H,26,27)(H,31,32). The molecule has 0 saturated carbocycles. The lowest BCUT2D eigenvalue weighted by molar-refractivity contribution is -0.145. The van der Waals surface area contributed by atoms with Gasteiger partial charge in [-0.1, -0.05) is 0 Å². The fraction of sp³-hybridized carbons (Fsp3) is 0.750. The van der Waals surface area contributed by atoms with Crippen LogP contribution in [0.4, 0.5) is 0 Å². The van der Waals surface area contributed by atoms with Gasteiger partial charge in [-0.3, -0.25) is 19.2 Å². The molecule has 1 aliphatic heterocycles. The van der Waals surface area contributed by atoms with E-state index in [1.807, 2.05) is 6.26 Å². The van der Waals surface area contributed by atoms with Gasteiger partial charge in [0.1, 0.15) is 18.1 Å². The van der Waals surface area contributed by atoms with Crippen molar-refractivity contribution in [3.8, 4) is 0 Å². The molecule has 188 valence electrons. The molecule has 1 heterocycles. The van der Waals surface area contributed by atoms with Crippen LogP contribution >= 0.6 is 11.8 Å².